The van der Waals surface area contributed by atoms with Gasteiger partial charge in [0.25, 0.3) is 0 Å². The first-order valence-corrected chi connectivity index (χ1v) is 7.52. The molecule has 0 spiro atoms. The van der Waals surface area contributed by atoms with Gasteiger partial charge in [-0.25, -0.2) is 19.7 Å². The summed E-state index contributed by atoms with van der Waals surface area (Å²) in [7, 11) is 2.78. The largest absolute Gasteiger partial charge is 0.464 e. The maximum Gasteiger partial charge on any atom is 0.433 e. The number of carbonyl (C=O) groups is 1. The van der Waals surface area contributed by atoms with Crippen LogP contribution in [0, 0.1) is 0 Å². The summed E-state index contributed by atoms with van der Waals surface area (Å²) in [6, 6.07) is 2.03. The van der Waals surface area contributed by atoms with Crippen molar-refractivity contribution < 1.29 is 22.7 Å². The fraction of sp³-hybridized carbons (Fsp3) is 0.188. The fourth-order valence-electron chi connectivity index (χ4n) is 2.38. The molecule has 0 aliphatic rings. The molecule has 0 aliphatic heterocycles. The van der Waals surface area contributed by atoms with Crippen LogP contribution in [0.25, 0.3) is 11.3 Å². The van der Waals surface area contributed by atoms with Crippen LogP contribution in [0.2, 0.25) is 0 Å². The maximum atomic E-state index is 13.1. The normalized spacial score (nSPS) is 11.3. The van der Waals surface area contributed by atoms with Gasteiger partial charge in [-0.1, -0.05) is 0 Å². The van der Waals surface area contributed by atoms with E-state index in [2.05, 4.69) is 30.0 Å². The summed E-state index contributed by atoms with van der Waals surface area (Å²) in [5, 5.41) is 2.71. The van der Waals surface area contributed by atoms with Crippen molar-refractivity contribution in [1.82, 2.24) is 24.5 Å². The van der Waals surface area contributed by atoms with Gasteiger partial charge in [-0.3, -0.25) is 4.98 Å². The monoisotopic (exact) mass is 378 g/mol. The molecule has 3 aromatic heterocycles. The molecule has 1 N–H and O–H groups in total. The molecule has 11 heteroatoms. The highest BCUT2D eigenvalue weighted by Crippen LogP contribution is 2.35. The van der Waals surface area contributed by atoms with Gasteiger partial charge in [0.2, 0.25) is 0 Å². The lowest BCUT2D eigenvalue weighted by atomic mass is 10.1. The van der Waals surface area contributed by atoms with Crippen LogP contribution in [-0.4, -0.2) is 37.6 Å². The number of alkyl halides is 3. The number of ether oxygens (including phenoxy) is 1. The molecule has 27 heavy (non-hydrogen) atoms. The number of halogens is 3. The standard InChI is InChI=1S/C16H13F3N6O2/c1-25-8-22-12(15(26)27-2)13(25)9-3-4-10(16(17,18)19)23-14(9)24-11-7-20-5-6-21-11/h3-8H,1-2H3,(H,21,23,24). The molecule has 0 aliphatic carbocycles. The van der Waals surface area contributed by atoms with E-state index in [1.165, 1.54) is 42.7 Å². The number of nitrogens with one attached hydrogen (secondary N) is 1. The molecule has 0 aromatic carbocycles. The number of aromatic nitrogens is 5. The van der Waals surface area contributed by atoms with Gasteiger partial charge in [0.15, 0.2) is 5.69 Å². The van der Waals surface area contributed by atoms with Crippen LogP contribution < -0.4 is 5.32 Å². The number of esters is 1. The first kappa shape index (κ1) is 18.3. The lowest BCUT2D eigenvalue weighted by molar-refractivity contribution is -0.141. The topological polar surface area (TPSA) is 94.8 Å². The molecule has 140 valence electrons. The first-order valence-electron chi connectivity index (χ1n) is 7.52. The third kappa shape index (κ3) is 3.71. The summed E-state index contributed by atoms with van der Waals surface area (Å²) in [4.78, 5) is 27.4. The van der Waals surface area contributed by atoms with E-state index in [1.54, 1.807) is 7.05 Å². The van der Waals surface area contributed by atoms with Gasteiger partial charge in [-0.2, -0.15) is 13.2 Å². The first-order chi connectivity index (χ1) is 12.8. The summed E-state index contributed by atoms with van der Waals surface area (Å²) in [6.45, 7) is 0. The van der Waals surface area contributed by atoms with Gasteiger partial charge < -0.3 is 14.6 Å². The summed E-state index contributed by atoms with van der Waals surface area (Å²) < 4.78 is 45.5. The lowest BCUT2D eigenvalue weighted by Crippen LogP contribution is -2.12. The van der Waals surface area contributed by atoms with Crippen molar-refractivity contribution in [2.75, 3.05) is 12.4 Å². The zero-order chi connectivity index (χ0) is 19.6. The second-order valence-corrected chi connectivity index (χ2v) is 5.35. The van der Waals surface area contributed by atoms with Gasteiger partial charge in [-0.05, 0) is 12.1 Å². The predicted octanol–water partition coefficient (Wildman–Crippen LogP) is 2.82. The molecule has 3 heterocycles. The number of imidazole rings is 1. The Labute approximate surface area is 151 Å². The van der Waals surface area contributed by atoms with E-state index >= 15 is 0 Å². The molecule has 0 bridgehead atoms. The number of hydrogen-bond acceptors (Lipinski definition) is 7. The Balaban J connectivity index is 2.18. The fourth-order valence-corrected chi connectivity index (χ4v) is 2.38. The highest BCUT2D eigenvalue weighted by molar-refractivity contribution is 5.96. The number of pyridine rings is 1. The average molecular weight is 378 g/mol. The summed E-state index contributed by atoms with van der Waals surface area (Å²) in [5.41, 5.74) is -0.688. The highest BCUT2D eigenvalue weighted by atomic mass is 19.4. The minimum Gasteiger partial charge on any atom is -0.464 e. The molecule has 0 saturated carbocycles. The molecule has 3 rings (SSSR count). The number of hydrogen-bond donors (Lipinski definition) is 1. The van der Waals surface area contributed by atoms with E-state index in [-0.39, 0.29) is 28.6 Å². The lowest BCUT2D eigenvalue weighted by Gasteiger charge is -2.14. The second-order valence-electron chi connectivity index (χ2n) is 5.35. The minimum absolute atomic E-state index is 0.0521. The molecular weight excluding hydrogens is 365 g/mol. The summed E-state index contributed by atoms with van der Waals surface area (Å²) in [6.07, 6.45) is 0.832. The molecule has 0 atom stereocenters. The number of methoxy groups -OCH3 is 1. The SMILES string of the molecule is COC(=O)c1ncn(C)c1-c1ccc(C(F)(F)F)nc1Nc1cnccn1. The smallest absolute Gasteiger partial charge is 0.433 e. The molecule has 3 aromatic rings. The van der Waals surface area contributed by atoms with Crippen LogP contribution >= 0.6 is 0 Å². The molecular formula is C16H13F3N6O2. The van der Waals surface area contributed by atoms with Crippen LogP contribution in [0.5, 0.6) is 0 Å². The van der Waals surface area contributed by atoms with Crippen molar-refractivity contribution in [2.45, 2.75) is 6.18 Å². The van der Waals surface area contributed by atoms with Crippen molar-refractivity contribution in [3.8, 4) is 11.3 Å². The van der Waals surface area contributed by atoms with E-state index in [1.807, 2.05) is 0 Å². The maximum absolute atomic E-state index is 13.1. The van der Waals surface area contributed by atoms with Gasteiger partial charge >= 0.3 is 12.1 Å². The van der Waals surface area contributed by atoms with Crippen molar-refractivity contribution in [1.29, 1.82) is 0 Å². The summed E-state index contributed by atoms with van der Waals surface area (Å²) >= 11 is 0. The quantitative estimate of drug-likeness (QED) is 0.698. The van der Waals surface area contributed by atoms with Crippen LogP contribution in [-0.2, 0) is 18.0 Å². The van der Waals surface area contributed by atoms with E-state index in [9.17, 15) is 18.0 Å². The van der Waals surface area contributed by atoms with Crippen LogP contribution in [0.4, 0.5) is 24.8 Å². The van der Waals surface area contributed by atoms with Gasteiger partial charge in [0.05, 0.1) is 25.3 Å². The molecule has 0 fully saturated rings. The van der Waals surface area contributed by atoms with E-state index in [4.69, 9.17) is 0 Å². The Morgan fingerprint density at radius 3 is 2.63 bits per heavy atom. The highest BCUT2D eigenvalue weighted by Gasteiger charge is 2.34. The second kappa shape index (κ2) is 7.02. The predicted molar refractivity (Wildman–Crippen MR) is 88.1 cm³/mol. The van der Waals surface area contributed by atoms with Crippen molar-refractivity contribution in [3.05, 3.63) is 48.4 Å². The van der Waals surface area contributed by atoms with Crippen LogP contribution in [0.15, 0.2) is 37.1 Å². The Morgan fingerprint density at radius 1 is 1.22 bits per heavy atom. The zero-order valence-corrected chi connectivity index (χ0v) is 14.2. The van der Waals surface area contributed by atoms with Crippen molar-refractivity contribution >= 4 is 17.6 Å². The van der Waals surface area contributed by atoms with E-state index in [0.717, 1.165) is 6.07 Å². The zero-order valence-electron chi connectivity index (χ0n) is 14.2. The van der Waals surface area contributed by atoms with Crippen molar-refractivity contribution in [2.24, 2.45) is 7.05 Å². The van der Waals surface area contributed by atoms with Crippen LogP contribution in [0.1, 0.15) is 16.2 Å². The van der Waals surface area contributed by atoms with E-state index < -0.39 is 17.8 Å². The number of rotatable bonds is 4. The number of nitrogens with zero attached hydrogens (tertiary/aromatic N) is 5. The van der Waals surface area contributed by atoms with Gasteiger partial charge in [0, 0.05) is 25.0 Å². The Bertz CT molecular complexity index is 972. The minimum atomic E-state index is -4.64. The average Bonchev–Trinajstić information content (AvgIpc) is 3.02. The number of aryl methyl sites for hydroxylation is 1. The third-order valence-corrected chi connectivity index (χ3v) is 3.57. The molecule has 0 radical (unpaired) electrons. The molecule has 0 amide bonds. The summed E-state index contributed by atoms with van der Waals surface area (Å²) in [5.74, 6) is -0.692. The number of anilines is 2. The Morgan fingerprint density at radius 2 is 2.00 bits per heavy atom. The van der Waals surface area contributed by atoms with Gasteiger partial charge in [-0.15, -0.1) is 0 Å². The van der Waals surface area contributed by atoms with Crippen molar-refractivity contribution in [3.63, 3.8) is 0 Å². The third-order valence-electron chi connectivity index (χ3n) is 3.57. The Hall–Kier alpha value is -3.50. The van der Waals surface area contributed by atoms with E-state index in [0.29, 0.717) is 0 Å². The number of carbonyl (C=O) groups excluding carboxylic acids is 1. The van der Waals surface area contributed by atoms with Gasteiger partial charge in [0.1, 0.15) is 17.3 Å². The van der Waals surface area contributed by atoms with Crippen LogP contribution in [0.3, 0.4) is 0 Å². The molecule has 0 unspecified atom stereocenters. The Kier molecular flexibility index (Phi) is 4.75. The molecule has 0 saturated heterocycles. The molecule has 8 nitrogen and oxygen atoms in total.